The molecule has 1 fully saturated rings. The van der Waals surface area contributed by atoms with Gasteiger partial charge in [0.15, 0.2) is 0 Å². The summed E-state index contributed by atoms with van der Waals surface area (Å²) < 4.78 is 1.27. The van der Waals surface area contributed by atoms with Crippen LogP contribution in [0.3, 0.4) is 0 Å². The number of likely N-dealkylation sites (N-methyl/N-ethyl adjacent to an activating group) is 1. The predicted molar refractivity (Wildman–Crippen MR) is 77.4 cm³/mol. The van der Waals surface area contributed by atoms with E-state index in [0.717, 1.165) is 19.0 Å². The lowest BCUT2D eigenvalue weighted by Gasteiger charge is -2.25. The van der Waals surface area contributed by atoms with Gasteiger partial charge in [0.05, 0.1) is 0 Å². The van der Waals surface area contributed by atoms with E-state index in [1.165, 1.54) is 35.7 Å². The van der Waals surface area contributed by atoms with Crippen LogP contribution in [0.5, 0.6) is 0 Å². The highest BCUT2D eigenvalue weighted by atomic mass is 79.9. The van der Waals surface area contributed by atoms with Crippen LogP contribution in [0, 0.1) is 5.92 Å². The van der Waals surface area contributed by atoms with Gasteiger partial charge in [0, 0.05) is 16.9 Å². The second-order valence-corrected chi connectivity index (χ2v) is 5.83. The van der Waals surface area contributed by atoms with E-state index in [-0.39, 0.29) is 0 Å². The molecule has 1 atom stereocenters. The second kappa shape index (κ2) is 6.55. The lowest BCUT2D eigenvalue weighted by atomic mass is 9.85. The van der Waals surface area contributed by atoms with Crippen molar-refractivity contribution in [2.75, 3.05) is 13.1 Å². The van der Waals surface area contributed by atoms with Crippen molar-refractivity contribution >= 4 is 15.9 Å². The van der Waals surface area contributed by atoms with Crippen LogP contribution in [-0.2, 0) is 0 Å². The molecule has 1 aliphatic carbocycles. The zero-order valence-corrected chi connectivity index (χ0v) is 12.2. The maximum absolute atomic E-state index is 3.71. The first-order valence-electron chi connectivity index (χ1n) is 6.78. The van der Waals surface area contributed by atoms with E-state index < -0.39 is 0 Å². The summed E-state index contributed by atoms with van der Waals surface area (Å²) in [4.78, 5) is 0. The van der Waals surface area contributed by atoms with Crippen LogP contribution in [0.2, 0.25) is 0 Å². The molecule has 0 spiro atoms. The Hall–Kier alpha value is -0.340. The molecule has 0 saturated heterocycles. The Morgan fingerprint density at radius 1 is 1.29 bits per heavy atom. The Kier molecular flexibility index (Phi) is 5.05. The molecule has 1 aliphatic rings. The largest absolute Gasteiger partial charge is 0.316 e. The van der Waals surface area contributed by atoms with Gasteiger partial charge in [0.25, 0.3) is 0 Å². The summed E-state index contributed by atoms with van der Waals surface area (Å²) in [6.45, 7) is 4.36. The van der Waals surface area contributed by atoms with Gasteiger partial charge in [-0.1, -0.05) is 53.9 Å². The van der Waals surface area contributed by atoms with Crippen molar-refractivity contribution in [2.45, 2.75) is 38.5 Å². The highest BCUT2D eigenvalue weighted by Crippen LogP contribution is 2.39. The zero-order chi connectivity index (χ0) is 12.1. The van der Waals surface area contributed by atoms with Crippen molar-refractivity contribution in [1.82, 2.24) is 5.32 Å². The van der Waals surface area contributed by atoms with Crippen LogP contribution in [0.15, 0.2) is 28.7 Å². The normalized spacial score (nSPS) is 18.5. The molecule has 0 bridgehead atoms. The smallest absolute Gasteiger partial charge is 0.0210 e. The van der Waals surface area contributed by atoms with Crippen molar-refractivity contribution in [3.8, 4) is 0 Å². The molecule has 1 aromatic rings. The molecule has 94 valence electrons. The van der Waals surface area contributed by atoms with Gasteiger partial charge in [-0.15, -0.1) is 0 Å². The summed E-state index contributed by atoms with van der Waals surface area (Å²) >= 11 is 3.71. The van der Waals surface area contributed by atoms with Crippen molar-refractivity contribution in [2.24, 2.45) is 5.92 Å². The Morgan fingerprint density at radius 2 is 2.00 bits per heavy atom. The molecule has 17 heavy (non-hydrogen) atoms. The molecule has 1 N–H and O–H groups in total. The third-order valence-corrected chi connectivity index (χ3v) is 4.61. The first-order chi connectivity index (χ1) is 8.33. The molecule has 2 heteroatoms. The topological polar surface area (TPSA) is 12.0 Å². The summed E-state index contributed by atoms with van der Waals surface area (Å²) in [5, 5.41) is 3.53. The molecule has 0 radical (unpaired) electrons. The van der Waals surface area contributed by atoms with E-state index in [4.69, 9.17) is 0 Å². The van der Waals surface area contributed by atoms with Crippen LogP contribution in [0.1, 0.15) is 44.1 Å². The fourth-order valence-electron chi connectivity index (χ4n) is 2.97. The van der Waals surface area contributed by atoms with Gasteiger partial charge in [-0.2, -0.15) is 0 Å². The molecule has 1 nitrogen and oxygen atoms in total. The lowest BCUT2D eigenvalue weighted by Crippen LogP contribution is -2.25. The van der Waals surface area contributed by atoms with Gasteiger partial charge in [0.2, 0.25) is 0 Å². The van der Waals surface area contributed by atoms with Crippen molar-refractivity contribution in [1.29, 1.82) is 0 Å². The molecular formula is C15H22BrN. The summed E-state index contributed by atoms with van der Waals surface area (Å²) in [6, 6.07) is 8.72. The van der Waals surface area contributed by atoms with Crippen LogP contribution in [0.4, 0.5) is 0 Å². The van der Waals surface area contributed by atoms with Crippen LogP contribution in [-0.4, -0.2) is 13.1 Å². The SMILES string of the molecule is CCNCC(c1ccccc1Br)C1CCCC1. The lowest BCUT2D eigenvalue weighted by molar-refractivity contribution is 0.413. The predicted octanol–water partition coefficient (Wildman–Crippen LogP) is 4.33. The zero-order valence-electron chi connectivity index (χ0n) is 10.6. The third-order valence-electron chi connectivity index (χ3n) is 3.89. The van der Waals surface area contributed by atoms with E-state index in [2.05, 4.69) is 52.4 Å². The second-order valence-electron chi connectivity index (χ2n) is 4.98. The minimum absolute atomic E-state index is 0.674. The minimum atomic E-state index is 0.674. The first-order valence-corrected chi connectivity index (χ1v) is 7.57. The van der Waals surface area contributed by atoms with Crippen LogP contribution < -0.4 is 5.32 Å². The Labute approximate surface area is 113 Å². The highest BCUT2D eigenvalue weighted by molar-refractivity contribution is 9.10. The van der Waals surface area contributed by atoms with Gasteiger partial charge in [-0.25, -0.2) is 0 Å². The Balaban J connectivity index is 2.16. The highest BCUT2D eigenvalue weighted by Gasteiger charge is 2.26. The van der Waals surface area contributed by atoms with E-state index in [1.54, 1.807) is 0 Å². The maximum Gasteiger partial charge on any atom is 0.0210 e. The van der Waals surface area contributed by atoms with Crippen molar-refractivity contribution in [3.63, 3.8) is 0 Å². The van der Waals surface area contributed by atoms with E-state index in [0.29, 0.717) is 5.92 Å². The standard InChI is InChI=1S/C15H22BrN/c1-2-17-11-14(12-7-3-4-8-12)13-9-5-6-10-15(13)16/h5-6,9-10,12,14,17H,2-4,7-8,11H2,1H3. The molecule has 0 aliphatic heterocycles. The molecule has 0 amide bonds. The Morgan fingerprint density at radius 3 is 2.65 bits per heavy atom. The minimum Gasteiger partial charge on any atom is -0.316 e. The summed E-state index contributed by atoms with van der Waals surface area (Å²) in [6.07, 6.45) is 5.63. The van der Waals surface area contributed by atoms with E-state index in [1.807, 2.05) is 0 Å². The number of nitrogens with one attached hydrogen (secondary N) is 1. The van der Waals surface area contributed by atoms with E-state index >= 15 is 0 Å². The molecule has 1 unspecified atom stereocenters. The van der Waals surface area contributed by atoms with Crippen LogP contribution >= 0.6 is 15.9 Å². The van der Waals surface area contributed by atoms with Gasteiger partial charge in [0.1, 0.15) is 0 Å². The van der Waals surface area contributed by atoms with Gasteiger partial charge in [-0.3, -0.25) is 0 Å². The number of hydrogen-bond acceptors (Lipinski definition) is 1. The van der Waals surface area contributed by atoms with E-state index in [9.17, 15) is 0 Å². The molecule has 2 rings (SSSR count). The third kappa shape index (κ3) is 3.32. The summed E-state index contributed by atoms with van der Waals surface area (Å²) in [5.74, 6) is 1.54. The number of rotatable bonds is 5. The van der Waals surface area contributed by atoms with Crippen molar-refractivity contribution in [3.05, 3.63) is 34.3 Å². The number of hydrogen-bond donors (Lipinski definition) is 1. The van der Waals surface area contributed by atoms with Crippen molar-refractivity contribution < 1.29 is 0 Å². The summed E-state index contributed by atoms with van der Waals surface area (Å²) in [5.41, 5.74) is 1.49. The number of halogens is 1. The molecule has 1 aromatic carbocycles. The average Bonchev–Trinajstić information content (AvgIpc) is 2.85. The Bertz CT molecular complexity index is 345. The van der Waals surface area contributed by atoms with Gasteiger partial charge < -0.3 is 5.32 Å². The van der Waals surface area contributed by atoms with Crippen LogP contribution in [0.25, 0.3) is 0 Å². The summed E-state index contributed by atoms with van der Waals surface area (Å²) in [7, 11) is 0. The fraction of sp³-hybridized carbons (Fsp3) is 0.600. The molecule has 1 saturated carbocycles. The molecule has 0 aromatic heterocycles. The monoisotopic (exact) mass is 295 g/mol. The average molecular weight is 296 g/mol. The maximum atomic E-state index is 3.71. The number of benzene rings is 1. The first kappa shape index (κ1) is 13.1. The van der Waals surface area contributed by atoms with Gasteiger partial charge >= 0.3 is 0 Å². The fourth-order valence-corrected chi connectivity index (χ4v) is 3.54. The molecule has 0 heterocycles. The van der Waals surface area contributed by atoms with Gasteiger partial charge in [-0.05, 0) is 36.9 Å². The molecular weight excluding hydrogens is 274 g/mol. The quantitative estimate of drug-likeness (QED) is 0.852.